The van der Waals surface area contributed by atoms with Gasteiger partial charge in [-0.15, -0.1) is 0 Å². The molecule has 0 aromatic carbocycles. The molecule has 1 fully saturated rings. The molecule has 0 atom stereocenters. The first kappa shape index (κ1) is 9.34. The zero-order chi connectivity index (χ0) is 6.24. The third-order valence-electron chi connectivity index (χ3n) is 0.744. The van der Waals surface area contributed by atoms with Crippen LogP contribution in [-0.2, 0) is 24.7 Å². The van der Waals surface area contributed by atoms with E-state index in [2.05, 4.69) is 9.19 Å². The van der Waals surface area contributed by atoms with Gasteiger partial charge in [-0.1, -0.05) is 0 Å². The van der Waals surface area contributed by atoms with Crippen molar-refractivity contribution in [2.45, 2.75) is 0 Å². The molecule has 0 bridgehead atoms. The normalized spacial score (nSPS) is 18.9. The Morgan fingerprint density at radius 3 is 1.88 bits per heavy atom. The number of hydrogen-bond donors (Lipinski definition) is 0. The molecule has 1 heterocycles. The average Bonchev–Trinajstić information content (AvgIpc) is 1.96. The van der Waals surface area contributed by atoms with E-state index < -0.39 is 0 Å². The van der Waals surface area contributed by atoms with Crippen LogP contribution in [0.25, 0.3) is 0 Å². The van der Waals surface area contributed by atoms with Crippen molar-refractivity contribution in [3.8, 4) is 0 Å². The molecule has 0 unspecified atom stereocenters. The van der Waals surface area contributed by atoms with Crippen LogP contribution >= 0.6 is 21.0 Å². The third-order valence-corrected chi connectivity index (χ3v) is 1.65. The van der Waals surface area contributed by atoms with Crippen LogP contribution in [0.4, 0.5) is 0 Å². The average molecular weight is 337 g/mol. The second-order valence-corrected chi connectivity index (χ2v) is 2.45. The van der Waals surface area contributed by atoms with Gasteiger partial charge in [-0.25, -0.2) is 0 Å². The van der Waals surface area contributed by atoms with Crippen molar-refractivity contribution in [3.63, 3.8) is 0 Å². The molecule has 1 aliphatic heterocycles. The Balaban J connectivity index is 0.000000222. The third kappa shape index (κ3) is 5.48. The van der Waals surface area contributed by atoms with Crippen LogP contribution in [0.2, 0.25) is 0 Å². The summed E-state index contributed by atoms with van der Waals surface area (Å²) in [6, 6.07) is 0. The topological polar surface area (TPSA) is 9.23 Å². The van der Waals surface area contributed by atoms with Crippen LogP contribution in [0.15, 0.2) is 0 Å². The van der Waals surface area contributed by atoms with E-state index in [9.17, 15) is 0 Å². The standard InChI is InChI=1S/C4H8OS.Au.ClH/c1-3-6-4-2-5-1;;/h1-4H2;;1H/q;+1;/p-1. The first-order valence-electron chi connectivity index (χ1n) is 2.27. The molecule has 8 heavy (non-hydrogen) atoms. The van der Waals surface area contributed by atoms with E-state index in [1.54, 1.807) is 20.0 Å². The number of halogens is 1. The minimum absolute atomic E-state index is 0.963. The molecule has 1 rings (SSSR count). The van der Waals surface area contributed by atoms with Crippen molar-refractivity contribution in [1.29, 1.82) is 0 Å². The fraction of sp³-hybridized carbons (Fsp3) is 1.00. The first-order chi connectivity index (χ1) is 4.00. The Morgan fingerprint density at radius 2 is 1.75 bits per heavy atom. The molecule has 1 nitrogen and oxygen atoms in total. The predicted octanol–water partition coefficient (Wildman–Crippen LogP) is 1.44. The molecule has 0 spiro atoms. The van der Waals surface area contributed by atoms with Crippen molar-refractivity contribution in [2.24, 2.45) is 0 Å². The second-order valence-electron chi connectivity index (χ2n) is 1.22. The Labute approximate surface area is 70.2 Å². The summed E-state index contributed by atoms with van der Waals surface area (Å²) in [6.07, 6.45) is 0. The van der Waals surface area contributed by atoms with Crippen molar-refractivity contribution in [2.75, 3.05) is 24.7 Å². The SMILES string of the molecule is C1CSCCO1.[Cl][Au]. The van der Waals surface area contributed by atoms with Gasteiger partial charge >= 0.3 is 29.2 Å². The van der Waals surface area contributed by atoms with Crippen molar-refractivity contribution in [1.82, 2.24) is 0 Å². The zero-order valence-corrected chi connectivity index (χ0v) is 8.06. The van der Waals surface area contributed by atoms with E-state index in [0.29, 0.717) is 0 Å². The van der Waals surface area contributed by atoms with Crippen LogP contribution in [0.3, 0.4) is 0 Å². The summed E-state index contributed by atoms with van der Waals surface area (Å²) in [5.74, 6) is 2.39. The molecule has 0 saturated carbocycles. The molecule has 0 radical (unpaired) electrons. The molecule has 1 aliphatic rings. The summed E-state index contributed by atoms with van der Waals surface area (Å²) in [5, 5.41) is 0. The minimum atomic E-state index is 0.963. The monoisotopic (exact) mass is 336 g/mol. The number of ether oxygens (including phenoxy) is 1. The van der Waals surface area contributed by atoms with Gasteiger partial charge in [-0.2, -0.15) is 11.8 Å². The van der Waals surface area contributed by atoms with Crippen LogP contribution in [0.5, 0.6) is 0 Å². The molecular formula is C4H8AuClOS. The molecule has 0 amide bonds. The quantitative estimate of drug-likeness (QED) is 0.619. The van der Waals surface area contributed by atoms with Crippen LogP contribution < -0.4 is 0 Å². The van der Waals surface area contributed by atoms with Gasteiger partial charge < -0.3 is 4.74 Å². The van der Waals surface area contributed by atoms with Crippen LogP contribution in [0.1, 0.15) is 0 Å². The van der Waals surface area contributed by atoms with Gasteiger partial charge in [0.05, 0.1) is 13.2 Å². The molecule has 0 N–H and O–H groups in total. The Kier molecular flexibility index (Phi) is 9.74. The van der Waals surface area contributed by atoms with Gasteiger partial charge in [0, 0.05) is 11.5 Å². The van der Waals surface area contributed by atoms with E-state index in [1.807, 2.05) is 11.8 Å². The van der Waals surface area contributed by atoms with E-state index >= 15 is 0 Å². The van der Waals surface area contributed by atoms with Crippen LogP contribution in [0, 0.1) is 0 Å². The zero-order valence-electron chi connectivity index (χ0n) is 4.32. The van der Waals surface area contributed by atoms with E-state index in [1.165, 1.54) is 11.5 Å². The Hall–Kier alpha value is 1.34. The summed E-state index contributed by atoms with van der Waals surface area (Å²) in [7, 11) is 4.58. The summed E-state index contributed by atoms with van der Waals surface area (Å²) in [5.41, 5.74) is 0. The van der Waals surface area contributed by atoms with E-state index in [0.717, 1.165) is 13.2 Å². The molecule has 1 saturated heterocycles. The van der Waals surface area contributed by atoms with Gasteiger partial charge in [0.25, 0.3) is 0 Å². The summed E-state index contributed by atoms with van der Waals surface area (Å²) < 4.78 is 5.05. The number of thioether (sulfide) groups is 1. The van der Waals surface area contributed by atoms with E-state index in [-0.39, 0.29) is 0 Å². The molecular weight excluding hydrogens is 329 g/mol. The summed E-state index contributed by atoms with van der Waals surface area (Å²) in [6.45, 7) is 1.93. The number of rotatable bonds is 0. The molecule has 0 aliphatic carbocycles. The second kappa shape index (κ2) is 8.34. The first-order valence-corrected chi connectivity index (χ1v) is 6.11. The van der Waals surface area contributed by atoms with Gasteiger partial charge in [-0.05, 0) is 0 Å². The van der Waals surface area contributed by atoms with Gasteiger partial charge in [0.15, 0.2) is 0 Å². The molecule has 4 heteroatoms. The maximum absolute atomic E-state index is 5.05. The van der Waals surface area contributed by atoms with E-state index in [4.69, 9.17) is 4.74 Å². The molecule has 0 aromatic heterocycles. The van der Waals surface area contributed by atoms with Gasteiger partial charge in [0.1, 0.15) is 0 Å². The Morgan fingerprint density at radius 1 is 1.25 bits per heavy atom. The fourth-order valence-corrected chi connectivity index (χ4v) is 1.12. The Bertz CT molecular complexity index is 31.5. The fourth-order valence-electron chi connectivity index (χ4n) is 0.440. The summed E-state index contributed by atoms with van der Waals surface area (Å²) in [4.78, 5) is 0. The maximum atomic E-state index is 5.05. The summed E-state index contributed by atoms with van der Waals surface area (Å²) >= 11 is 3.72. The molecule has 0 aromatic rings. The molecule has 54 valence electrons. The predicted molar refractivity (Wildman–Crippen MR) is 34.0 cm³/mol. The van der Waals surface area contributed by atoms with Crippen molar-refractivity contribution < 1.29 is 24.7 Å². The van der Waals surface area contributed by atoms with Crippen LogP contribution in [-0.4, -0.2) is 24.7 Å². The van der Waals surface area contributed by atoms with Gasteiger partial charge in [0.2, 0.25) is 0 Å². The van der Waals surface area contributed by atoms with Crippen molar-refractivity contribution >= 4 is 21.0 Å². The number of hydrogen-bond acceptors (Lipinski definition) is 2. The van der Waals surface area contributed by atoms with Gasteiger partial charge in [-0.3, -0.25) is 0 Å². The van der Waals surface area contributed by atoms with Crippen molar-refractivity contribution in [3.05, 3.63) is 0 Å².